The quantitative estimate of drug-likeness (QED) is 0.598. The van der Waals surface area contributed by atoms with E-state index in [4.69, 9.17) is 11.6 Å². The van der Waals surface area contributed by atoms with E-state index < -0.39 is 4.92 Å². The molecule has 1 aliphatic rings. The van der Waals surface area contributed by atoms with Crippen molar-refractivity contribution in [3.05, 3.63) is 33.3 Å². The Morgan fingerprint density at radius 3 is 2.35 bits per heavy atom. The Labute approximate surface area is 105 Å². The number of anilines is 1. The fourth-order valence-electron chi connectivity index (χ4n) is 2.18. The molecule has 0 saturated carbocycles. The van der Waals surface area contributed by atoms with Crippen LogP contribution in [0, 0.1) is 10.1 Å². The molecule has 5 heteroatoms. The van der Waals surface area contributed by atoms with Crippen LogP contribution in [0.3, 0.4) is 0 Å². The minimum atomic E-state index is -0.419. The van der Waals surface area contributed by atoms with Gasteiger partial charge in [-0.2, -0.15) is 0 Å². The van der Waals surface area contributed by atoms with E-state index in [0.29, 0.717) is 5.02 Å². The summed E-state index contributed by atoms with van der Waals surface area (Å²) in [6.07, 6.45) is 4.82. The number of nitro benzene ring substituents is 1. The molecule has 1 fully saturated rings. The highest BCUT2D eigenvalue weighted by molar-refractivity contribution is 6.33. The molecule has 0 aromatic heterocycles. The predicted molar refractivity (Wildman–Crippen MR) is 68.8 cm³/mol. The minimum absolute atomic E-state index is 0.0496. The van der Waals surface area contributed by atoms with E-state index in [1.54, 1.807) is 6.07 Å². The second kappa shape index (κ2) is 5.36. The van der Waals surface area contributed by atoms with Gasteiger partial charge >= 0.3 is 0 Å². The maximum absolute atomic E-state index is 10.6. The SMILES string of the molecule is O=[N+]([O-])c1ccc(N2CCCCCC2)c(Cl)c1. The molecule has 0 atom stereocenters. The summed E-state index contributed by atoms with van der Waals surface area (Å²) in [6, 6.07) is 4.71. The largest absolute Gasteiger partial charge is 0.370 e. The zero-order chi connectivity index (χ0) is 12.3. The van der Waals surface area contributed by atoms with Gasteiger partial charge in [-0.1, -0.05) is 24.4 Å². The minimum Gasteiger partial charge on any atom is -0.370 e. The number of halogens is 1. The molecule has 2 rings (SSSR count). The summed E-state index contributed by atoms with van der Waals surface area (Å²) < 4.78 is 0. The van der Waals surface area contributed by atoms with Gasteiger partial charge < -0.3 is 4.90 Å². The van der Waals surface area contributed by atoms with Gasteiger partial charge in [-0.05, 0) is 18.9 Å². The molecule has 1 aliphatic heterocycles. The standard InChI is InChI=1S/C12H15ClN2O2/c13-11-9-10(15(16)17)5-6-12(11)14-7-3-1-2-4-8-14/h5-6,9H,1-4,7-8H2. The number of non-ortho nitro benzene ring substituents is 1. The Hall–Kier alpha value is -1.29. The second-order valence-corrected chi connectivity index (χ2v) is 4.70. The first-order chi connectivity index (χ1) is 8.18. The van der Waals surface area contributed by atoms with Gasteiger partial charge in [0.05, 0.1) is 15.6 Å². The lowest BCUT2D eigenvalue weighted by Gasteiger charge is -2.23. The van der Waals surface area contributed by atoms with Crippen molar-refractivity contribution in [1.82, 2.24) is 0 Å². The summed E-state index contributed by atoms with van der Waals surface area (Å²) >= 11 is 6.11. The van der Waals surface area contributed by atoms with Crippen LogP contribution in [-0.2, 0) is 0 Å². The van der Waals surface area contributed by atoms with Gasteiger partial charge in [-0.15, -0.1) is 0 Å². The van der Waals surface area contributed by atoms with Crippen LogP contribution >= 0.6 is 11.6 Å². The number of nitrogens with zero attached hydrogens (tertiary/aromatic N) is 2. The molecule has 0 aliphatic carbocycles. The van der Waals surface area contributed by atoms with Gasteiger partial charge in [0, 0.05) is 25.2 Å². The summed E-state index contributed by atoms with van der Waals surface area (Å²) in [6.45, 7) is 1.97. The summed E-state index contributed by atoms with van der Waals surface area (Å²) in [4.78, 5) is 12.4. The smallest absolute Gasteiger partial charge is 0.271 e. The fourth-order valence-corrected chi connectivity index (χ4v) is 2.47. The van der Waals surface area contributed by atoms with Crippen molar-refractivity contribution in [1.29, 1.82) is 0 Å². The molecular weight excluding hydrogens is 240 g/mol. The normalized spacial score (nSPS) is 16.6. The Morgan fingerprint density at radius 1 is 1.18 bits per heavy atom. The van der Waals surface area contributed by atoms with E-state index in [2.05, 4.69) is 4.90 Å². The molecule has 0 radical (unpaired) electrons. The third kappa shape index (κ3) is 2.88. The Bertz CT molecular complexity index is 415. The predicted octanol–water partition coefficient (Wildman–Crippen LogP) is 3.63. The molecule has 17 heavy (non-hydrogen) atoms. The molecular formula is C12H15ClN2O2. The first-order valence-corrected chi connectivity index (χ1v) is 6.25. The molecule has 92 valence electrons. The zero-order valence-corrected chi connectivity index (χ0v) is 10.3. The van der Waals surface area contributed by atoms with Crippen molar-refractivity contribution in [3.8, 4) is 0 Å². The fraction of sp³-hybridized carbons (Fsp3) is 0.500. The van der Waals surface area contributed by atoms with Crippen LogP contribution in [-0.4, -0.2) is 18.0 Å². The van der Waals surface area contributed by atoms with E-state index >= 15 is 0 Å². The monoisotopic (exact) mass is 254 g/mol. The molecule has 1 saturated heterocycles. The average Bonchev–Trinajstić information content (AvgIpc) is 2.57. The summed E-state index contributed by atoms with van der Waals surface area (Å²) in [5.41, 5.74) is 0.965. The highest BCUT2D eigenvalue weighted by Gasteiger charge is 2.15. The van der Waals surface area contributed by atoms with Crippen molar-refractivity contribution < 1.29 is 4.92 Å². The molecule has 4 nitrogen and oxygen atoms in total. The third-order valence-corrected chi connectivity index (χ3v) is 3.39. The lowest BCUT2D eigenvalue weighted by atomic mass is 10.2. The maximum Gasteiger partial charge on any atom is 0.271 e. The lowest BCUT2D eigenvalue weighted by Crippen LogP contribution is -2.24. The van der Waals surface area contributed by atoms with Gasteiger partial charge in [0.25, 0.3) is 5.69 Å². The van der Waals surface area contributed by atoms with Gasteiger partial charge in [0.1, 0.15) is 0 Å². The van der Waals surface area contributed by atoms with E-state index in [1.165, 1.54) is 25.0 Å². The lowest BCUT2D eigenvalue weighted by molar-refractivity contribution is -0.384. The van der Waals surface area contributed by atoms with Crippen molar-refractivity contribution in [2.24, 2.45) is 0 Å². The van der Waals surface area contributed by atoms with Crippen LogP contribution in [0.5, 0.6) is 0 Å². The Balaban J connectivity index is 2.22. The molecule has 0 amide bonds. The Morgan fingerprint density at radius 2 is 1.82 bits per heavy atom. The first kappa shape index (κ1) is 12.2. The van der Waals surface area contributed by atoms with Gasteiger partial charge in [-0.25, -0.2) is 0 Å². The van der Waals surface area contributed by atoms with E-state index in [1.807, 2.05) is 0 Å². The molecule has 1 aromatic rings. The highest BCUT2D eigenvalue weighted by Crippen LogP contribution is 2.31. The van der Waals surface area contributed by atoms with Crippen LogP contribution in [0.2, 0.25) is 5.02 Å². The van der Waals surface area contributed by atoms with Crippen molar-refractivity contribution in [2.75, 3.05) is 18.0 Å². The molecule has 0 N–H and O–H groups in total. The summed E-state index contributed by atoms with van der Waals surface area (Å²) in [7, 11) is 0. The zero-order valence-electron chi connectivity index (χ0n) is 9.56. The second-order valence-electron chi connectivity index (χ2n) is 4.29. The Kier molecular flexibility index (Phi) is 3.84. The highest BCUT2D eigenvalue weighted by atomic mass is 35.5. The average molecular weight is 255 g/mol. The van der Waals surface area contributed by atoms with Crippen LogP contribution in [0.25, 0.3) is 0 Å². The molecule has 1 heterocycles. The number of nitro groups is 1. The van der Waals surface area contributed by atoms with E-state index in [9.17, 15) is 10.1 Å². The number of hydrogen-bond acceptors (Lipinski definition) is 3. The van der Waals surface area contributed by atoms with Gasteiger partial charge in [0.2, 0.25) is 0 Å². The maximum atomic E-state index is 10.6. The van der Waals surface area contributed by atoms with Gasteiger partial charge in [-0.3, -0.25) is 10.1 Å². The number of rotatable bonds is 2. The van der Waals surface area contributed by atoms with Gasteiger partial charge in [0.15, 0.2) is 0 Å². The summed E-state index contributed by atoms with van der Waals surface area (Å²) in [5.74, 6) is 0. The molecule has 1 aromatic carbocycles. The molecule has 0 bridgehead atoms. The van der Waals surface area contributed by atoms with E-state index in [0.717, 1.165) is 31.6 Å². The first-order valence-electron chi connectivity index (χ1n) is 5.87. The van der Waals surface area contributed by atoms with Crippen molar-refractivity contribution in [3.63, 3.8) is 0 Å². The van der Waals surface area contributed by atoms with Crippen molar-refractivity contribution in [2.45, 2.75) is 25.7 Å². The van der Waals surface area contributed by atoms with Crippen molar-refractivity contribution >= 4 is 23.0 Å². The number of hydrogen-bond donors (Lipinski definition) is 0. The van der Waals surface area contributed by atoms with Crippen LogP contribution < -0.4 is 4.90 Å². The molecule has 0 unspecified atom stereocenters. The summed E-state index contributed by atoms with van der Waals surface area (Å²) in [5, 5.41) is 11.1. The van der Waals surface area contributed by atoms with Crippen LogP contribution in [0.15, 0.2) is 18.2 Å². The van der Waals surface area contributed by atoms with E-state index in [-0.39, 0.29) is 5.69 Å². The molecule has 0 spiro atoms. The van der Waals surface area contributed by atoms with Crippen LogP contribution in [0.4, 0.5) is 11.4 Å². The topological polar surface area (TPSA) is 46.4 Å². The third-order valence-electron chi connectivity index (χ3n) is 3.09. The number of benzene rings is 1. The van der Waals surface area contributed by atoms with Crippen LogP contribution in [0.1, 0.15) is 25.7 Å².